The van der Waals surface area contributed by atoms with E-state index in [1.165, 1.54) is 15.6 Å². The fourth-order valence-electron chi connectivity index (χ4n) is 2.65. The Bertz CT molecular complexity index is 925. The molecule has 0 atom stereocenters. The van der Waals surface area contributed by atoms with Crippen molar-refractivity contribution in [2.45, 2.75) is 26.7 Å². The van der Waals surface area contributed by atoms with Crippen molar-refractivity contribution in [1.29, 1.82) is 0 Å². The van der Waals surface area contributed by atoms with E-state index in [4.69, 9.17) is 5.11 Å². The van der Waals surface area contributed by atoms with Crippen LogP contribution >= 0.6 is 15.9 Å². The van der Waals surface area contributed by atoms with Gasteiger partial charge in [-0.15, -0.1) is 0 Å². The highest BCUT2D eigenvalue weighted by Gasteiger charge is 2.09. The van der Waals surface area contributed by atoms with Crippen molar-refractivity contribution in [3.8, 4) is 11.1 Å². The highest BCUT2D eigenvalue weighted by molar-refractivity contribution is 9.10. The normalized spacial score (nSPS) is 9.96. The molecule has 0 fully saturated rings. The number of rotatable bonds is 5. The van der Waals surface area contributed by atoms with Gasteiger partial charge in [0.05, 0.1) is 6.42 Å². The predicted octanol–water partition coefficient (Wildman–Crippen LogP) is 6.47. The molecule has 0 bridgehead atoms. The molecule has 4 heteroatoms. The number of carboxylic acids is 1. The third kappa shape index (κ3) is 6.46. The van der Waals surface area contributed by atoms with Crippen LogP contribution < -0.4 is 0 Å². The lowest BCUT2D eigenvalue weighted by Crippen LogP contribution is -2.03. The van der Waals surface area contributed by atoms with Crippen LogP contribution in [-0.4, -0.2) is 16.9 Å². The van der Waals surface area contributed by atoms with Crippen molar-refractivity contribution >= 4 is 27.7 Å². The van der Waals surface area contributed by atoms with Crippen LogP contribution in [-0.2, 0) is 4.79 Å². The van der Waals surface area contributed by atoms with E-state index >= 15 is 0 Å². The van der Waals surface area contributed by atoms with Crippen molar-refractivity contribution < 1.29 is 14.7 Å². The Hall–Kier alpha value is -2.72. The highest BCUT2D eigenvalue weighted by atomic mass is 79.9. The maximum absolute atomic E-state index is 11.8. The van der Waals surface area contributed by atoms with E-state index in [2.05, 4.69) is 28.9 Å². The Morgan fingerprint density at radius 2 is 1.36 bits per heavy atom. The summed E-state index contributed by atoms with van der Waals surface area (Å²) in [6, 6.07) is 23.5. The Kier molecular flexibility index (Phi) is 8.15. The van der Waals surface area contributed by atoms with Gasteiger partial charge in [0.1, 0.15) is 0 Å². The molecule has 1 N–H and O–H groups in total. The minimum atomic E-state index is -0.949. The van der Waals surface area contributed by atoms with Gasteiger partial charge >= 0.3 is 5.97 Å². The van der Waals surface area contributed by atoms with Crippen LogP contribution in [0.5, 0.6) is 0 Å². The molecular weight excluding hydrogens is 416 g/mol. The van der Waals surface area contributed by atoms with Crippen molar-refractivity contribution in [3.63, 3.8) is 0 Å². The van der Waals surface area contributed by atoms with Gasteiger partial charge in [-0.05, 0) is 42.2 Å². The number of carbonyl (C=O) groups is 2. The fraction of sp³-hybridized carbons (Fsp3) is 0.167. The topological polar surface area (TPSA) is 54.4 Å². The van der Waals surface area contributed by atoms with Crippen LogP contribution in [0.2, 0.25) is 0 Å². The lowest BCUT2D eigenvalue weighted by atomic mass is 9.98. The summed E-state index contributed by atoms with van der Waals surface area (Å²) in [5, 5.41) is 8.58. The maximum atomic E-state index is 11.8. The average Bonchev–Trinajstić information content (AvgIpc) is 2.69. The maximum Gasteiger partial charge on any atom is 0.303 e. The third-order valence-electron chi connectivity index (χ3n) is 4.31. The monoisotopic (exact) mass is 438 g/mol. The lowest BCUT2D eigenvalue weighted by Gasteiger charge is -2.06. The summed E-state index contributed by atoms with van der Waals surface area (Å²) in [4.78, 5) is 22.3. The molecule has 0 amide bonds. The number of carboxylic acid groups (broad SMARTS) is 1. The summed E-state index contributed by atoms with van der Waals surface area (Å²) < 4.78 is 1.18. The van der Waals surface area contributed by atoms with Gasteiger partial charge in [-0.25, -0.2) is 0 Å². The van der Waals surface area contributed by atoms with E-state index in [9.17, 15) is 9.59 Å². The van der Waals surface area contributed by atoms with Gasteiger partial charge in [0.15, 0.2) is 5.78 Å². The van der Waals surface area contributed by atoms with E-state index in [1.54, 1.807) is 12.1 Å². The molecule has 0 aliphatic heterocycles. The van der Waals surface area contributed by atoms with Crippen molar-refractivity contribution in [2.24, 2.45) is 0 Å². The molecule has 144 valence electrons. The smallest absolute Gasteiger partial charge is 0.303 e. The second-order valence-electron chi connectivity index (χ2n) is 6.46. The first-order chi connectivity index (χ1) is 13.4. The molecule has 3 nitrogen and oxygen atoms in total. The van der Waals surface area contributed by atoms with Crippen LogP contribution in [0.15, 0.2) is 77.3 Å². The van der Waals surface area contributed by atoms with Crippen molar-refractivity contribution in [2.75, 3.05) is 0 Å². The van der Waals surface area contributed by atoms with Crippen LogP contribution in [0.25, 0.3) is 11.1 Å². The standard InChI is InChI=1S/C17H16O3.C7H7Br/c1-12-4-2-3-5-15(12)13-6-8-14(9-7-13)16(18)10-11-17(19)20;1-6-4-2-3-5-7(6)8/h2-9H,10-11H2,1H3,(H,19,20);2-5H,1H3. The first-order valence-corrected chi connectivity index (χ1v) is 9.80. The van der Waals surface area contributed by atoms with Gasteiger partial charge in [0, 0.05) is 16.5 Å². The molecule has 0 unspecified atom stereocenters. The zero-order chi connectivity index (χ0) is 20.5. The van der Waals surface area contributed by atoms with Crippen molar-refractivity contribution in [3.05, 3.63) is 94.0 Å². The zero-order valence-corrected chi connectivity index (χ0v) is 17.6. The highest BCUT2D eigenvalue weighted by Crippen LogP contribution is 2.23. The quantitative estimate of drug-likeness (QED) is 0.464. The van der Waals surface area contributed by atoms with Crippen molar-refractivity contribution in [1.82, 2.24) is 0 Å². The summed E-state index contributed by atoms with van der Waals surface area (Å²) in [6.07, 6.45) is -0.0859. The Morgan fingerprint density at radius 3 is 1.86 bits per heavy atom. The number of benzene rings is 3. The van der Waals surface area contributed by atoms with Gasteiger partial charge in [0.25, 0.3) is 0 Å². The summed E-state index contributed by atoms with van der Waals surface area (Å²) in [6.45, 7) is 4.12. The second-order valence-corrected chi connectivity index (χ2v) is 7.31. The summed E-state index contributed by atoms with van der Waals surface area (Å²) >= 11 is 3.40. The van der Waals surface area contributed by atoms with Gasteiger partial charge < -0.3 is 5.11 Å². The molecule has 28 heavy (non-hydrogen) atoms. The molecule has 0 saturated carbocycles. The number of hydrogen-bond acceptors (Lipinski definition) is 2. The Labute approximate surface area is 174 Å². The number of carbonyl (C=O) groups excluding carboxylic acids is 1. The van der Waals surface area contributed by atoms with Crippen LogP contribution in [0, 0.1) is 13.8 Å². The first-order valence-electron chi connectivity index (χ1n) is 9.00. The van der Waals surface area contributed by atoms with E-state index in [1.807, 2.05) is 61.5 Å². The minimum Gasteiger partial charge on any atom is -0.481 e. The number of aliphatic carboxylic acids is 1. The SMILES string of the molecule is Cc1ccccc1-c1ccc(C(=O)CCC(=O)O)cc1.Cc1ccccc1Br. The largest absolute Gasteiger partial charge is 0.481 e. The second kappa shape index (κ2) is 10.6. The van der Waals surface area contributed by atoms with Gasteiger partial charge in [-0.3, -0.25) is 9.59 Å². The molecule has 0 spiro atoms. The van der Waals surface area contributed by atoms with Gasteiger partial charge in [-0.1, -0.05) is 82.7 Å². The number of aryl methyl sites for hydroxylation is 2. The number of Topliss-reactive ketones (excluding diaryl/α,β-unsaturated/α-hetero) is 1. The molecule has 0 aromatic heterocycles. The average molecular weight is 439 g/mol. The molecule has 0 radical (unpaired) electrons. The Morgan fingerprint density at radius 1 is 0.786 bits per heavy atom. The third-order valence-corrected chi connectivity index (χ3v) is 5.20. The first kappa shape index (κ1) is 21.6. The number of halogens is 1. The minimum absolute atomic E-state index is 0.0407. The van der Waals surface area contributed by atoms with Crippen LogP contribution in [0.4, 0.5) is 0 Å². The fourth-order valence-corrected chi connectivity index (χ4v) is 2.93. The molecule has 0 heterocycles. The number of hydrogen-bond donors (Lipinski definition) is 1. The number of ketones is 1. The van der Waals surface area contributed by atoms with Crippen LogP contribution in [0.3, 0.4) is 0 Å². The molecule has 0 aliphatic carbocycles. The lowest BCUT2D eigenvalue weighted by molar-refractivity contribution is -0.136. The summed E-state index contributed by atoms with van der Waals surface area (Å²) in [5.74, 6) is -1.08. The molecular formula is C24H23BrO3. The summed E-state index contributed by atoms with van der Waals surface area (Å²) in [5.41, 5.74) is 5.21. The van der Waals surface area contributed by atoms with Gasteiger partial charge in [-0.2, -0.15) is 0 Å². The molecule has 3 rings (SSSR count). The Balaban J connectivity index is 0.000000292. The summed E-state index contributed by atoms with van der Waals surface area (Å²) in [7, 11) is 0. The van der Waals surface area contributed by atoms with E-state index in [0.717, 1.165) is 11.1 Å². The molecule has 3 aromatic rings. The predicted molar refractivity (Wildman–Crippen MR) is 117 cm³/mol. The molecule has 3 aromatic carbocycles. The zero-order valence-electron chi connectivity index (χ0n) is 16.0. The van der Waals surface area contributed by atoms with Gasteiger partial charge in [0.2, 0.25) is 0 Å². The van der Waals surface area contributed by atoms with E-state index < -0.39 is 5.97 Å². The molecule has 0 aliphatic rings. The van der Waals surface area contributed by atoms with E-state index in [-0.39, 0.29) is 18.6 Å². The molecule has 0 saturated heterocycles. The van der Waals surface area contributed by atoms with Crippen LogP contribution in [0.1, 0.15) is 34.3 Å². The van der Waals surface area contributed by atoms with E-state index in [0.29, 0.717) is 5.56 Å².